The number of carbonyl (C=O) groups excluding carboxylic acids is 1. The molecule has 1 aliphatic carbocycles. The van der Waals surface area contributed by atoms with Gasteiger partial charge in [0.15, 0.2) is 5.78 Å². The molecule has 1 aromatic rings. The molecule has 0 saturated heterocycles. The van der Waals surface area contributed by atoms with E-state index >= 15 is 0 Å². The van der Waals surface area contributed by atoms with Crippen molar-refractivity contribution in [1.82, 2.24) is 0 Å². The number of carboxylic acid groups (broad SMARTS) is 1. The Balaban J connectivity index is 2.31. The van der Waals surface area contributed by atoms with Crippen LogP contribution in [0.5, 0.6) is 0 Å². The van der Waals surface area contributed by atoms with Crippen LogP contribution in [0.3, 0.4) is 0 Å². The van der Waals surface area contributed by atoms with Crippen LogP contribution in [0, 0.1) is 26.2 Å². The Morgan fingerprint density at radius 1 is 1.26 bits per heavy atom. The van der Waals surface area contributed by atoms with Gasteiger partial charge in [0.2, 0.25) is 0 Å². The fourth-order valence-corrected chi connectivity index (χ4v) is 3.81. The summed E-state index contributed by atoms with van der Waals surface area (Å²) in [4.78, 5) is 24.9. The highest BCUT2D eigenvalue weighted by Crippen LogP contribution is 2.40. The smallest absolute Gasteiger partial charge is 0.317 e. The average molecular weight is 318 g/mol. The van der Waals surface area contributed by atoms with Gasteiger partial charge in [0.25, 0.3) is 0 Å². The van der Waals surface area contributed by atoms with Gasteiger partial charge in [0.1, 0.15) is 5.41 Å². The maximum atomic E-state index is 12.9. The molecule has 0 aliphatic heterocycles. The van der Waals surface area contributed by atoms with Crippen LogP contribution >= 0.6 is 0 Å². The lowest BCUT2D eigenvalue weighted by molar-refractivity contribution is -0.160. The summed E-state index contributed by atoms with van der Waals surface area (Å²) in [5.74, 6) is -1.20. The van der Waals surface area contributed by atoms with Crippen molar-refractivity contribution in [2.24, 2.45) is 5.41 Å². The van der Waals surface area contributed by atoms with Gasteiger partial charge in [-0.1, -0.05) is 17.7 Å². The van der Waals surface area contributed by atoms with Crippen LogP contribution in [0.1, 0.15) is 47.9 Å². The Bertz CT molecular complexity index is 597. The number of hydrogen-bond donors (Lipinski definition) is 1. The van der Waals surface area contributed by atoms with E-state index in [1.54, 1.807) is 7.11 Å². The summed E-state index contributed by atoms with van der Waals surface area (Å²) in [6, 6.07) is 4.09. The molecule has 1 aromatic carbocycles. The van der Waals surface area contributed by atoms with Crippen molar-refractivity contribution in [2.45, 2.75) is 59.0 Å². The van der Waals surface area contributed by atoms with Crippen molar-refractivity contribution >= 4 is 11.8 Å². The Kier molecular flexibility index (Phi) is 5.25. The molecule has 2 unspecified atom stereocenters. The van der Waals surface area contributed by atoms with Gasteiger partial charge in [-0.05, 0) is 63.1 Å². The Labute approximate surface area is 137 Å². The van der Waals surface area contributed by atoms with Crippen LogP contribution in [-0.4, -0.2) is 30.1 Å². The van der Waals surface area contributed by atoms with Gasteiger partial charge in [0, 0.05) is 13.5 Å². The number of carboxylic acids is 1. The van der Waals surface area contributed by atoms with Gasteiger partial charge in [0.05, 0.1) is 6.10 Å². The van der Waals surface area contributed by atoms with Gasteiger partial charge in [-0.25, -0.2) is 0 Å². The zero-order valence-corrected chi connectivity index (χ0v) is 14.4. The molecule has 23 heavy (non-hydrogen) atoms. The van der Waals surface area contributed by atoms with Gasteiger partial charge in [-0.3, -0.25) is 9.59 Å². The molecule has 1 aliphatic rings. The Morgan fingerprint density at radius 2 is 1.87 bits per heavy atom. The number of rotatable bonds is 5. The molecular formula is C19H26O4. The first-order valence-corrected chi connectivity index (χ1v) is 8.16. The first kappa shape index (κ1) is 17.7. The minimum Gasteiger partial charge on any atom is -0.480 e. The number of Topliss-reactive ketones (excluding diaryl/α,β-unsaturated/α-hetero) is 1. The molecule has 0 spiro atoms. The SMILES string of the molecule is COC1CCCC(C(=O)O)(C(=O)Cc2c(C)cc(C)cc2C)C1. The Hall–Kier alpha value is -1.68. The van der Waals surface area contributed by atoms with E-state index in [1.807, 2.05) is 32.9 Å². The third kappa shape index (κ3) is 3.47. The normalized spacial score (nSPS) is 24.4. The van der Waals surface area contributed by atoms with Crippen LogP contribution in [-0.2, 0) is 20.7 Å². The number of aryl methyl sites for hydroxylation is 3. The van der Waals surface area contributed by atoms with Gasteiger partial charge in [-0.2, -0.15) is 0 Å². The van der Waals surface area contributed by atoms with Crippen molar-refractivity contribution in [1.29, 1.82) is 0 Å². The Morgan fingerprint density at radius 3 is 2.39 bits per heavy atom. The summed E-state index contributed by atoms with van der Waals surface area (Å²) in [5, 5.41) is 9.76. The summed E-state index contributed by atoms with van der Waals surface area (Å²) >= 11 is 0. The monoisotopic (exact) mass is 318 g/mol. The minimum atomic E-state index is -1.30. The number of ketones is 1. The third-order valence-electron chi connectivity index (χ3n) is 5.16. The second-order valence-electron chi connectivity index (χ2n) is 6.82. The second kappa shape index (κ2) is 6.83. The molecule has 2 atom stereocenters. The number of carbonyl (C=O) groups is 2. The number of aliphatic carboxylic acids is 1. The van der Waals surface area contributed by atoms with E-state index in [0.717, 1.165) is 28.7 Å². The second-order valence-corrected chi connectivity index (χ2v) is 6.82. The maximum Gasteiger partial charge on any atom is 0.317 e. The molecule has 2 rings (SSSR count). The number of benzene rings is 1. The third-order valence-corrected chi connectivity index (χ3v) is 5.16. The van der Waals surface area contributed by atoms with Crippen LogP contribution in [0.2, 0.25) is 0 Å². The van der Waals surface area contributed by atoms with Gasteiger partial charge >= 0.3 is 5.97 Å². The minimum absolute atomic E-state index is 0.149. The highest BCUT2D eigenvalue weighted by molar-refractivity contribution is 6.04. The van der Waals surface area contributed by atoms with E-state index in [1.165, 1.54) is 0 Å². The van der Waals surface area contributed by atoms with E-state index in [0.29, 0.717) is 12.8 Å². The zero-order chi connectivity index (χ0) is 17.2. The zero-order valence-electron chi connectivity index (χ0n) is 14.4. The van der Waals surface area contributed by atoms with E-state index < -0.39 is 11.4 Å². The quantitative estimate of drug-likeness (QED) is 0.845. The number of methoxy groups -OCH3 is 1. The molecule has 4 nitrogen and oxygen atoms in total. The maximum absolute atomic E-state index is 12.9. The molecule has 126 valence electrons. The van der Waals surface area contributed by atoms with E-state index in [2.05, 4.69) is 0 Å². The lowest BCUT2D eigenvalue weighted by Gasteiger charge is -2.36. The average Bonchev–Trinajstić information content (AvgIpc) is 2.50. The first-order valence-electron chi connectivity index (χ1n) is 8.16. The van der Waals surface area contributed by atoms with E-state index in [-0.39, 0.29) is 24.7 Å². The topological polar surface area (TPSA) is 63.6 Å². The van der Waals surface area contributed by atoms with Gasteiger partial charge in [-0.15, -0.1) is 0 Å². The molecule has 1 fully saturated rings. The lowest BCUT2D eigenvalue weighted by atomic mass is 9.68. The summed E-state index contributed by atoms with van der Waals surface area (Å²) in [5.41, 5.74) is 2.91. The van der Waals surface area contributed by atoms with E-state index in [9.17, 15) is 14.7 Å². The summed E-state index contributed by atoms with van der Waals surface area (Å²) in [7, 11) is 1.58. The fourth-order valence-electron chi connectivity index (χ4n) is 3.81. The van der Waals surface area contributed by atoms with Gasteiger partial charge < -0.3 is 9.84 Å². The van der Waals surface area contributed by atoms with Crippen LogP contribution < -0.4 is 0 Å². The molecule has 0 bridgehead atoms. The fraction of sp³-hybridized carbons (Fsp3) is 0.579. The molecule has 0 radical (unpaired) electrons. The molecule has 1 saturated carbocycles. The largest absolute Gasteiger partial charge is 0.480 e. The van der Waals surface area contributed by atoms with Crippen molar-refractivity contribution in [3.63, 3.8) is 0 Å². The molecule has 1 N–H and O–H groups in total. The van der Waals surface area contributed by atoms with Crippen LogP contribution in [0.4, 0.5) is 0 Å². The summed E-state index contributed by atoms with van der Waals surface area (Å²) < 4.78 is 5.34. The molecule has 0 amide bonds. The predicted octanol–water partition coefficient (Wildman–Crippen LogP) is 3.38. The van der Waals surface area contributed by atoms with E-state index in [4.69, 9.17) is 4.74 Å². The molecule has 0 aromatic heterocycles. The summed E-state index contributed by atoms with van der Waals surface area (Å²) in [6.45, 7) is 5.98. The van der Waals surface area contributed by atoms with Crippen molar-refractivity contribution in [3.05, 3.63) is 34.4 Å². The lowest BCUT2D eigenvalue weighted by Crippen LogP contribution is -2.46. The van der Waals surface area contributed by atoms with Crippen LogP contribution in [0.25, 0.3) is 0 Å². The highest BCUT2D eigenvalue weighted by Gasteiger charge is 2.48. The van der Waals surface area contributed by atoms with Crippen molar-refractivity contribution in [2.75, 3.05) is 7.11 Å². The standard InChI is InChI=1S/C19H26O4/c1-12-8-13(2)16(14(3)9-12)10-17(20)19(18(21)22)7-5-6-15(11-19)23-4/h8-9,15H,5-7,10-11H2,1-4H3,(H,21,22). The predicted molar refractivity (Wildman–Crippen MR) is 88.7 cm³/mol. The van der Waals surface area contributed by atoms with Crippen molar-refractivity contribution < 1.29 is 19.4 Å². The molecule has 4 heteroatoms. The first-order chi connectivity index (χ1) is 10.8. The number of hydrogen-bond acceptors (Lipinski definition) is 3. The van der Waals surface area contributed by atoms with Crippen molar-refractivity contribution in [3.8, 4) is 0 Å². The molecule has 0 heterocycles. The number of ether oxygens (including phenoxy) is 1. The molecular weight excluding hydrogens is 292 g/mol. The summed E-state index contributed by atoms with van der Waals surface area (Å²) in [6.07, 6.45) is 2.25. The highest BCUT2D eigenvalue weighted by atomic mass is 16.5. The van der Waals surface area contributed by atoms with Crippen LogP contribution in [0.15, 0.2) is 12.1 Å².